The summed E-state index contributed by atoms with van der Waals surface area (Å²) in [4.78, 5) is 4.31. The Balaban J connectivity index is 2.01. The molecule has 10 heavy (non-hydrogen) atoms. The summed E-state index contributed by atoms with van der Waals surface area (Å²) >= 11 is 0. The van der Waals surface area contributed by atoms with E-state index >= 15 is 0 Å². The summed E-state index contributed by atoms with van der Waals surface area (Å²) < 4.78 is 0. The molecule has 2 heteroatoms. The molecule has 0 radical (unpaired) electrons. The Morgan fingerprint density at radius 1 is 1.50 bits per heavy atom. The van der Waals surface area contributed by atoms with Crippen LogP contribution in [0.1, 0.15) is 32.6 Å². The third-order valence-electron chi connectivity index (χ3n) is 1.76. The standard InChI is InChI=1S/C8H16N2/c1-2-3-4-5-8-9-6-7-10-8/h2-7H2,1H3,(H,9,10)/i8+2. The first-order chi connectivity index (χ1) is 4.93. The lowest BCUT2D eigenvalue weighted by Gasteiger charge is -1.99. The van der Waals surface area contributed by atoms with Gasteiger partial charge in [0.05, 0.1) is 12.4 Å². The van der Waals surface area contributed by atoms with Crippen LogP contribution in [0.15, 0.2) is 4.99 Å². The van der Waals surface area contributed by atoms with E-state index < -0.39 is 0 Å². The zero-order valence-corrected chi connectivity index (χ0v) is 6.69. The minimum absolute atomic E-state index is 0.988. The summed E-state index contributed by atoms with van der Waals surface area (Å²) in [5.41, 5.74) is 0. The Morgan fingerprint density at radius 3 is 3.00 bits per heavy atom. The average Bonchev–Trinajstić information content (AvgIpc) is 2.41. The molecule has 2 nitrogen and oxygen atoms in total. The summed E-state index contributed by atoms with van der Waals surface area (Å²) in [6.07, 6.45) is 5.09. The van der Waals surface area contributed by atoms with Gasteiger partial charge in [-0.1, -0.05) is 19.8 Å². The van der Waals surface area contributed by atoms with Crippen LogP contribution in [-0.2, 0) is 0 Å². The normalized spacial score (nSPS) is 16.7. The number of nitrogens with one attached hydrogen (secondary N) is 1. The molecule has 1 rings (SSSR count). The lowest BCUT2D eigenvalue weighted by molar-refractivity contribution is 0.735. The van der Waals surface area contributed by atoms with Gasteiger partial charge in [0.15, 0.2) is 0 Å². The molecule has 1 N–H and O–H groups in total. The molecule has 0 aromatic rings. The molecule has 0 fully saturated rings. The minimum Gasteiger partial charge on any atom is -0.372 e. The average molecular weight is 142 g/mol. The van der Waals surface area contributed by atoms with E-state index in [1.807, 2.05) is 0 Å². The van der Waals surface area contributed by atoms with E-state index in [1.165, 1.54) is 25.1 Å². The first-order valence-electron chi connectivity index (χ1n) is 4.20. The molecule has 0 saturated carbocycles. The summed E-state index contributed by atoms with van der Waals surface area (Å²) in [6, 6.07) is 0. The molecule has 0 aromatic heterocycles. The number of hydrogen-bond donors (Lipinski definition) is 1. The second-order valence-corrected chi connectivity index (χ2v) is 2.71. The second kappa shape index (κ2) is 4.31. The van der Waals surface area contributed by atoms with E-state index in [4.69, 9.17) is 0 Å². The maximum Gasteiger partial charge on any atom is 0.0964 e. The predicted octanol–water partition coefficient (Wildman–Crippen LogP) is 1.57. The van der Waals surface area contributed by atoms with Crippen molar-refractivity contribution in [2.45, 2.75) is 32.6 Å². The fourth-order valence-corrected chi connectivity index (χ4v) is 1.16. The van der Waals surface area contributed by atoms with Crippen molar-refractivity contribution >= 4 is 5.84 Å². The third kappa shape index (κ3) is 2.38. The molecule has 0 atom stereocenters. The number of amidine groups is 1. The Labute approximate surface area is 62.7 Å². The Hall–Kier alpha value is -0.530. The van der Waals surface area contributed by atoms with Gasteiger partial charge in [0.2, 0.25) is 0 Å². The first kappa shape index (κ1) is 7.58. The molecular formula is C8H16N2. The van der Waals surface area contributed by atoms with Crippen LogP contribution in [0.25, 0.3) is 0 Å². The number of nitrogens with zero attached hydrogens (tertiary/aromatic N) is 1. The quantitative estimate of drug-likeness (QED) is 0.592. The molecule has 1 aliphatic rings. The molecular weight excluding hydrogens is 126 g/mol. The van der Waals surface area contributed by atoms with Crippen LogP contribution in [0.2, 0.25) is 0 Å². The molecule has 0 bridgehead atoms. The van der Waals surface area contributed by atoms with Gasteiger partial charge in [0.25, 0.3) is 0 Å². The van der Waals surface area contributed by atoms with E-state index in [1.54, 1.807) is 0 Å². The van der Waals surface area contributed by atoms with Gasteiger partial charge in [-0.3, -0.25) is 4.99 Å². The smallest absolute Gasteiger partial charge is 0.0964 e. The summed E-state index contributed by atoms with van der Waals surface area (Å²) in [6.45, 7) is 4.27. The number of aliphatic imine (C=N–C) groups is 1. The van der Waals surface area contributed by atoms with E-state index in [9.17, 15) is 0 Å². The first-order valence-corrected chi connectivity index (χ1v) is 4.20. The molecule has 0 spiro atoms. The van der Waals surface area contributed by atoms with Gasteiger partial charge in [-0.2, -0.15) is 0 Å². The van der Waals surface area contributed by atoms with Crippen LogP contribution in [0.3, 0.4) is 0 Å². The molecule has 1 aliphatic heterocycles. The Bertz CT molecular complexity index is 118. The van der Waals surface area contributed by atoms with Crippen molar-refractivity contribution in [1.82, 2.24) is 5.32 Å². The van der Waals surface area contributed by atoms with Crippen LogP contribution >= 0.6 is 0 Å². The SMILES string of the molecule is CCCCC[14C]1=NCCN1. The maximum atomic E-state index is 4.31. The molecule has 58 valence electrons. The monoisotopic (exact) mass is 142 g/mol. The van der Waals surface area contributed by atoms with Crippen molar-refractivity contribution in [2.75, 3.05) is 13.1 Å². The molecule has 0 unspecified atom stereocenters. The van der Waals surface area contributed by atoms with Gasteiger partial charge in [-0.05, 0) is 6.42 Å². The van der Waals surface area contributed by atoms with Crippen molar-refractivity contribution in [3.05, 3.63) is 0 Å². The highest BCUT2D eigenvalue weighted by Gasteiger charge is 2.02. The van der Waals surface area contributed by atoms with E-state index in [-0.39, 0.29) is 0 Å². The molecule has 0 saturated heterocycles. The maximum absolute atomic E-state index is 4.31. The number of rotatable bonds is 4. The van der Waals surface area contributed by atoms with Crippen LogP contribution in [-0.4, -0.2) is 18.9 Å². The highest BCUT2D eigenvalue weighted by molar-refractivity contribution is 5.83. The fraction of sp³-hybridized carbons (Fsp3) is 0.875. The fourth-order valence-electron chi connectivity index (χ4n) is 1.16. The van der Waals surface area contributed by atoms with Gasteiger partial charge in [-0.25, -0.2) is 0 Å². The summed E-state index contributed by atoms with van der Waals surface area (Å²) in [5.74, 6) is 1.23. The van der Waals surface area contributed by atoms with Crippen LogP contribution in [0, 0.1) is 0 Å². The summed E-state index contributed by atoms with van der Waals surface area (Å²) in [7, 11) is 0. The van der Waals surface area contributed by atoms with Crippen LogP contribution in [0.5, 0.6) is 0 Å². The van der Waals surface area contributed by atoms with E-state index in [0.29, 0.717) is 0 Å². The lowest BCUT2D eigenvalue weighted by atomic mass is 10.2. The van der Waals surface area contributed by atoms with E-state index in [2.05, 4.69) is 17.2 Å². The number of hydrogen-bond acceptors (Lipinski definition) is 2. The largest absolute Gasteiger partial charge is 0.372 e. The highest BCUT2D eigenvalue weighted by atomic mass is 15.6. The van der Waals surface area contributed by atoms with Crippen molar-refractivity contribution in [2.24, 2.45) is 4.99 Å². The predicted molar refractivity (Wildman–Crippen MR) is 44.4 cm³/mol. The van der Waals surface area contributed by atoms with Crippen LogP contribution < -0.4 is 5.32 Å². The van der Waals surface area contributed by atoms with Crippen molar-refractivity contribution < 1.29 is 0 Å². The second-order valence-electron chi connectivity index (χ2n) is 2.71. The van der Waals surface area contributed by atoms with Crippen LogP contribution in [0.4, 0.5) is 0 Å². The van der Waals surface area contributed by atoms with Gasteiger partial charge in [0, 0.05) is 13.0 Å². The lowest BCUT2D eigenvalue weighted by Crippen LogP contribution is -2.17. The van der Waals surface area contributed by atoms with Crippen molar-refractivity contribution in [3.63, 3.8) is 0 Å². The van der Waals surface area contributed by atoms with Gasteiger partial charge in [-0.15, -0.1) is 0 Å². The topological polar surface area (TPSA) is 24.4 Å². The zero-order chi connectivity index (χ0) is 7.23. The Morgan fingerprint density at radius 2 is 2.40 bits per heavy atom. The third-order valence-corrected chi connectivity index (χ3v) is 1.76. The van der Waals surface area contributed by atoms with Crippen molar-refractivity contribution in [3.8, 4) is 0 Å². The van der Waals surface area contributed by atoms with Gasteiger partial charge >= 0.3 is 0 Å². The van der Waals surface area contributed by atoms with Gasteiger partial charge < -0.3 is 5.32 Å². The van der Waals surface area contributed by atoms with Gasteiger partial charge in [0.1, 0.15) is 0 Å². The zero-order valence-electron chi connectivity index (χ0n) is 6.69. The van der Waals surface area contributed by atoms with Crippen molar-refractivity contribution in [1.29, 1.82) is 0 Å². The minimum atomic E-state index is 0.988. The number of unbranched alkanes of at least 4 members (excludes halogenated alkanes) is 2. The molecule has 1 heterocycles. The summed E-state index contributed by atoms with van der Waals surface area (Å²) in [5, 5.41) is 3.27. The Kier molecular flexibility index (Phi) is 3.27. The molecule has 0 amide bonds. The molecule has 0 aromatic carbocycles. The molecule has 0 aliphatic carbocycles. The highest BCUT2D eigenvalue weighted by Crippen LogP contribution is 2.01. The van der Waals surface area contributed by atoms with E-state index in [0.717, 1.165) is 19.5 Å².